The van der Waals surface area contributed by atoms with Gasteiger partial charge in [-0.05, 0) is 17.2 Å². The molecule has 3 N–H and O–H groups in total. The van der Waals surface area contributed by atoms with Gasteiger partial charge in [0.25, 0.3) is 11.1 Å². The first-order chi connectivity index (χ1) is 17.6. The SMILES string of the molecule is COCCn1cc(-c2ccccc2)c(-c2cn(C)c(=O)c3[nH]c(C(C=NC(F)(F)F)=CN)cc23)cc1=O. The van der Waals surface area contributed by atoms with Gasteiger partial charge in [-0.3, -0.25) is 9.59 Å². The average Bonchev–Trinajstić information content (AvgIpc) is 3.31. The molecule has 0 aliphatic carbocycles. The number of ether oxygens (including phenoxy) is 1. The van der Waals surface area contributed by atoms with Gasteiger partial charge in [-0.15, -0.1) is 13.2 Å². The standard InChI is InChI=1S/C26H24F3N5O3/c1-33-14-21(19-10-22(32-24(19)25(33)36)17(12-30)13-31-26(27,28)29)18-11-23(35)34(8-9-37-2)15-20(18)16-6-4-3-5-7-16/h3-7,10-15,32H,8-9,30H2,1-2H3. The second kappa shape index (κ2) is 10.3. The van der Waals surface area contributed by atoms with Gasteiger partial charge < -0.3 is 24.6 Å². The summed E-state index contributed by atoms with van der Waals surface area (Å²) in [5, 5.41) is 0.420. The van der Waals surface area contributed by atoms with Crippen LogP contribution in [-0.4, -0.2) is 40.3 Å². The largest absolute Gasteiger partial charge is 0.503 e. The Kier molecular flexibility index (Phi) is 7.16. The minimum absolute atomic E-state index is 0.0557. The number of alkyl halides is 3. The maximum Gasteiger partial charge on any atom is 0.503 e. The summed E-state index contributed by atoms with van der Waals surface area (Å²) < 4.78 is 46.0. The number of halogens is 3. The summed E-state index contributed by atoms with van der Waals surface area (Å²) in [6.45, 7) is 0.683. The van der Waals surface area contributed by atoms with Crippen molar-refractivity contribution < 1.29 is 17.9 Å². The zero-order chi connectivity index (χ0) is 26.7. The number of allylic oxidation sites excluding steroid dienone is 1. The molecule has 0 aliphatic rings. The topological polar surface area (TPSA) is 107 Å². The fourth-order valence-corrected chi connectivity index (χ4v) is 4.06. The van der Waals surface area contributed by atoms with Crippen LogP contribution in [0.2, 0.25) is 0 Å². The van der Waals surface area contributed by atoms with Crippen LogP contribution in [-0.2, 0) is 18.3 Å². The molecule has 4 aromatic rings. The molecule has 0 spiro atoms. The van der Waals surface area contributed by atoms with E-state index in [0.717, 1.165) is 17.3 Å². The Morgan fingerprint density at radius 2 is 1.84 bits per heavy atom. The van der Waals surface area contributed by atoms with Crippen molar-refractivity contribution in [2.45, 2.75) is 12.8 Å². The summed E-state index contributed by atoms with van der Waals surface area (Å²) in [5.41, 5.74) is 7.82. The minimum atomic E-state index is -4.78. The monoisotopic (exact) mass is 511 g/mol. The molecule has 0 radical (unpaired) electrons. The first kappa shape index (κ1) is 25.7. The van der Waals surface area contributed by atoms with Gasteiger partial charge in [0.2, 0.25) is 0 Å². The molecule has 1 aromatic carbocycles. The predicted molar refractivity (Wildman–Crippen MR) is 137 cm³/mol. The van der Waals surface area contributed by atoms with E-state index in [-0.39, 0.29) is 22.3 Å². The van der Waals surface area contributed by atoms with E-state index in [1.807, 2.05) is 30.3 Å². The fourth-order valence-electron chi connectivity index (χ4n) is 4.06. The Labute approximate surface area is 209 Å². The van der Waals surface area contributed by atoms with E-state index >= 15 is 0 Å². The van der Waals surface area contributed by atoms with Crippen molar-refractivity contribution >= 4 is 22.7 Å². The third-order valence-corrected chi connectivity index (χ3v) is 5.84. The highest BCUT2D eigenvalue weighted by atomic mass is 19.4. The first-order valence-corrected chi connectivity index (χ1v) is 11.2. The molecule has 0 atom stereocenters. The number of pyridine rings is 2. The number of fused-ring (bicyclic) bond motifs is 1. The fraction of sp³-hybridized carbons (Fsp3) is 0.192. The number of H-pyrrole nitrogens is 1. The van der Waals surface area contributed by atoms with Crippen LogP contribution in [0, 0.1) is 0 Å². The number of nitrogens with two attached hydrogens (primary N) is 1. The molecule has 8 nitrogen and oxygen atoms in total. The van der Waals surface area contributed by atoms with Crippen LogP contribution in [0.1, 0.15) is 5.69 Å². The van der Waals surface area contributed by atoms with E-state index in [4.69, 9.17) is 10.5 Å². The summed E-state index contributed by atoms with van der Waals surface area (Å²) in [4.78, 5) is 31.4. The second-order valence-corrected chi connectivity index (χ2v) is 8.27. The summed E-state index contributed by atoms with van der Waals surface area (Å²) in [5.74, 6) is 0. The third-order valence-electron chi connectivity index (χ3n) is 5.84. The van der Waals surface area contributed by atoms with Gasteiger partial charge in [-0.2, -0.15) is 4.99 Å². The summed E-state index contributed by atoms with van der Waals surface area (Å²) in [6.07, 6.45) is 0.104. The Bertz CT molecular complexity index is 1610. The van der Waals surface area contributed by atoms with Crippen LogP contribution >= 0.6 is 0 Å². The quantitative estimate of drug-likeness (QED) is 0.290. The van der Waals surface area contributed by atoms with Crippen LogP contribution < -0.4 is 16.9 Å². The number of aromatic amines is 1. The number of methoxy groups -OCH3 is 1. The molecule has 0 amide bonds. The molecule has 3 heterocycles. The first-order valence-electron chi connectivity index (χ1n) is 11.2. The lowest BCUT2D eigenvalue weighted by molar-refractivity contribution is -0.118. The van der Waals surface area contributed by atoms with Crippen LogP contribution in [0.5, 0.6) is 0 Å². The van der Waals surface area contributed by atoms with Crippen molar-refractivity contribution in [3.63, 3.8) is 0 Å². The smallest absolute Gasteiger partial charge is 0.404 e. The number of aromatic nitrogens is 3. The van der Waals surface area contributed by atoms with Gasteiger partial charge in [-0.25, -0.2) is 0 Å². The molecule has 0 bridgehead atoms. The van der Waals surface area contributed by atoms with Crippen molar-refractivity contribution in [1.29, 1.82) is 0 Å². The van der Waals surface area contributed by atoms with E-state index in [2.05, 4.69) is 9.98 Å². The third kappa shape index (κ3) is 5.41. The highest BCUT2D eigenvalue weighted by molar-refractivity contribution is 6.11. The summed E-state index contributed by atoms with van der Waals surface area (Å²) in [7, 11) is 3.10. The highest BCUT2D eigenvalue weighted by Gasteiger charge is 2.25. The maximum atomic E-state index is 13.0. The van der Waals surface area contributed by atoms with Crippen molar-refractivity contribution in [2.75, 3.05) is 13.7 Å². The molecular formula is C26H24F3N5O3. The Balaban J connectivity index is 1.99. The number of rotatable bonds is 7. The van der Waals surface area contributed by atoms with Crippen molar-refractivity contribution in [3.8, 4) is 22.3 Å². The van der Waals surface area contributed by atoms with E-state index in [9.17, 15) is 22.8 Å². The number of hydrogen-bond donors (Lipinski definition) is 2. The second-order valence-electron chi connectivity index (χ2n) is 8.27. The van der Waals surface area contributed by atoms with E-state index in [0.29, 0.717) is 35.9 Å². The molecule has 0 fully saturated rings. The highest BCUT2D eigenvalue weighted by Crippen LogP contribution is 2.35. The molecule has 4 rings (SSSR count). The van der Waals surface area contributed by atoms with Gasteiger partial charge in [0.05, 0.1) is 6.61 Å². The lowest BCUT2D eigenvalue weighted by Gasteiger charge is -2.15. The molecule has 0 unspecified atom stereocenters. The zero-order valence-corrected chi connectivity index (χ0v) is 20.0. The van der Waals surface area contributed by atoms with Gasteiger partial charge in [-0.1, -0.05) is 30.3 Å². The van der Waals surface area contributed by atoms with Crippen molar-refractivity contribution in [2.24, 2.45) is 17.8 Å². The summed E-state index contributed by atoms with van der Waals surface area (Å²) >= 11 is 0. The van der Waals surface area contributed by atoms with Crippen LogP contribution in [0.3, 0.4) is 0 Å². The lowest BCUT2D eigenvalue weighted by Crippen LogP contribution is -2.22. The Hall–Kier alpha value is -4.38. The summed E-state index contributed by atoms with van der Waals surface area (Å²) in [6, 6.07) is 12.4. The van der Waals surface area contributed by atoms with Crippen LogP contribution in [0.4, 0.5) is 13.2 Å². The lowest BCUT2D eigenvalue weighted by atomic mass is 9.95. The molecular weight excluding hydrogens is 487 g/mol. The molecule has 37 heavy (non-hydrogen) atoms. The molecule has 0 saturated carbocycles. The van der Waals surface area contributed by atoms with Gasteiger partial charge in [0, 0.05) is 79.4 Å². The van der Waals surface area contributed by atoms with E-state index in [1.165, 1.54) is 16.7 Å². The molecule has 192 valence electrons. The average molecular weight is 512 g/mol. The number of nitrogens with zero attached hydrogens (tertiary/aromatic N) is 3. The number of aliphatic imine (C=N–C) groups is 1. The van der Waals surface area contributed by atoms with Crippen molar-refractivity contribution in [3.05, 3.63) is 87.5 Å². The number of aryl methyl sites for hydroxylation is 1. The van der Waals surface area contributed by atoms with Crippen LogP contribution in [0.25, 0.3) is 38.7 Å². The van der Waals surface area contributed by atoms with Crippen molar-refractivity contribution in [1.82, 2.24) is 14.1 Å². The maximum absolute atomic E-state index is 13.0. The predicted octanol–water partition coefficient (Wildman–Crippen LogP) is 3.90. The molecule has 0 saturated heterocycles. The number of hydrogen-bond acceptors (Lipinski definition) is 5. The molecule has 0 aliphatic heterocycles. The van der Waals surface area contributed by atoms with Gasteiger partial charge in [0.15, 0.2) is 0 Å². The van der Waals surface area contributed by atoms with Gasteiger partial charge >= 0.3 is 6.30 Å². The minimum Gasteiger partial charge on any atom is -0.404 e. The van der Waals surface area contributed by atoms with E-state index in [1.54, 1.807) is 31.1 Å². The normalized spacial score (nSPS) is 12.6. The Morgan fingerprint density at radius 1 is 1.11 bits per heavy atom. The van der Waals surface area contributed by atoms with Gasteiger partial charge in [0.1, 0.15) is 5.52 Å². The Morgan fingerprint density at radius 3 is 2.49 bits per heavy atom. The molecule has 3 aromatic heterocycles. The number of benzene rings is 1. The zero-order valence-electron chi connectivity index (χ0n) is 20.0. The number of nitrogens with one attached hydrogen (secondary N) is 1. The molecule has 11 heteroatoms. The van der Waals surface area contributed by atoms with E-state index < -0.39 is 11.9 Å². The van der Waals surface area contributed by atoms with Crippen LogP contribution in [0.15, 0.2) is 75.6 Å².